The molecular weight excluding hydrogens is 358 g/mol. The van der Waals surface area contributed by atoms with Gasteiger partial charge in [-0.1, -0.05) is 0 Å². The summed E-state index contributed by atoms with van der Waals surface area (Å²) in [4.78, 5) is 0.399. The van der Waals surface area contributed by atoms with Crippen molar-refractivity contribution in [1.82, 2.24) is 4.72 Å². The van der Waals surface area contributed by atoms with E-state index in [0.717, 1.165) is 17.6 Å². The molecule has 1 aromatic rings. The zero-order valence-corrected chi connectivity index (χ0v) is 13.6. The second kappa shape index (κ2) is 5.66. The molecule has 0 atom stereocenters. The van der Waals surface area contributed by atoms with Gasteiger partial charge >= 0.3 is 0 Å². The number of rotatable bonds is 6. The Kier molecular flexibility index (Phi) is 5.02. The van der Waals surface area contributed by atoms with Crippen molar-refractivity contribution in [2.24, 2.45) is 0 Å². The van der Waals surface area contributed by atoms with Gasteiger partial charge in [0.15, 0.2) is 14.9 Å². The fourth-order valence-corrected chi connectivity index (χ4v) is 6.21. The van der Waals surface area contributed by atoms with Crippen LogP contribution in [0.3, 0.4) is 0 Å². The average molecular weight is 368 g/mol. The quantitative estimate of drug-likeness (QED) is 0.713. The van der Waals surface area contributed by atoms with E-state index in [-0.39, 0.29) is 10.8 Å². The predicted octanol–water partition coefficient (Wildman–Crippen LogP) is 0.0971. The highest BCUT2D eigenvalue weighted by Crippen LogP contribution is 2.24. The highest BCUT2D eigenvalue weighted by Gasteiger charge is 2.19. The fraction of sp³-hybridized carbons (Fsp3) is 0.429. The molecule has 110 valence electrons. The van der Waals surface area contributed by atoms with E-state index in [9.17, 15) is 25.3 Å². The van der Waals surface area contributed by atoms with Crippen LogP contribution in [0.2, 0.25) is 0 Å². The lowest BCUT2D eigenvalue weighted by atomic mass is 10.5. The molecule has 0 saturated carbocycles. The van der Waals surface area contributed by atoms with Gasteiger partial charge in [-0.25, -0.2) is 30.0 Å². The Labute approximate surface area is 120 Å². The highest BCUT2D eigenvalue weighted by atomic mass is 35.7. The van der Waals surface area contributed by atoms with Crippen molar-refractivity contribution in [2.45, 2.75) is 10.8 Å². The minimum Gasteiger partial charge on any atom is -0.228 e. The molecule has 1 N–H and O–H groups in total. The number of halogens is 1. The van der Waals surface area contributed by atoms with Crippen LogP contribution in [0.1, 0.15) is 4.88 Å². The molecular formula is C7H10ClNO6S4. The lowest BCUT2D eigenvalue weighted by molar-refractivity contribution is 0.581. The van der Waals surface area contributed by atoms with Crippen molar-refractivity contribution in [3.8, 4) is 0 Å². The Morgan fingerprint density at radius 2 is 1.74 bits per heavy atom. The van der Waals surface area contributed by atoms with Crippen molar-refractivity contribution in [3.05, 3.63) is 17.0 Å². The Morgan fingerprint density at radius 3 is 2.16 bits per heavy atom. The van der Waals surface area contributed by atoms with Crippen LogP contribution in [0.15, 0.2) is 16.3 Å². The summed E-state index contributed by atoms with van der Waals surface area (Å²) in [5, 5.41) is -1.02. The second-order valence-corrected chi connectivity index (χ2v) is 11.9. The molecule has 0 aliphatic carbocycles. The van der Waals surface area contributed by atoms with Gasteiger partial charge in [0, 0.05) is 28.4 Å². The maximum absolute atomic E-state index is 11.4. The number of thiophene rings is 1. The molecule has 0 saturated heterocycles. The number of sulfone groups is 1. The van der Waals surface area contributed by atoms with Gasteiger partial charge in [0.25, 0.3) is 9.05 Å². The smallest absolute Gasteiger partial charge is 0.228 e. The van der Waals surface area contributed by atoms with Gasteiger partial charge in [-0.05, 0) is 12.1 Å². The van der Waals surface area contributed by atoms with E-state index in [0.29, 0.717) is 4.88 Å². The van der Waals surface area contributed by atoms with Crippen LogP contribution in [0.4, 0.5) is 0 Å². The Hall–Kier alpha value is -0.200. The molecule has 1 aromatic heterocycles. The first-order chi connectivity index (χ1) is 8.39. The van der Waals surface area contributed by atoms with Crippen molar-refractivity contribution < 1.29 is 25.3 Å². The van der Waals surface area contributed by atoms with E-state index in [4.69, 9.17) is 10.7 Å². The van der Waals surface area contributed by atoms with Crippen molar-refractivity contribution in [3.63, 3.8) is 0 Å². The molecule has 0 spiro atoms. The van der Waals surface area contributed by atoms with Gasteiger partial charge in [0.05, 0.1) is 0 Å². The molecule has 0 aliphatic heterocycles. The highest BCUT2D eigenvalue weighted by molar-refractivity contribution is 8.15. The minimum atomic E-state index is -3.98. The van der Waals surface area contributed by atoms with Crippen LogP contribution in [0, 0.1) is 0 Å². The van der Waals surface area contributed by atoms with Crippen LogP contribution in [0.25, 0.3) is 0 Å². The van der Waals surface area contributed by atoms with Crippen LogP contribution in [-0.4, -0.2) is 36.6 Å². The first-order valence-electron chi connectivity index (χ1n) is 4.57. The Bertz CT molecular complexity index is 760. The standard InChI is InChI=1S/C7H10ClNO6S4/c1-17(10,11)5-18(12,13)9-4-6-2-3-7(16-6)19(8,14)15/h2-3,9H,4-5H2,1H3. The van der Waals surface area contributed by atoms with Crippen LogP contribution in [-0.2, 0) is 35.5 Å². The minimum absolute atomic E-state index is 0.105. The number of hydrogen-bond acceptors (Lipinski definition) is 7. The third-order valence-electron chi connectivity index (χ3n) is 1.71. The molecule has 1 rings (SSSR count). The second-order valence-electron chi connectivity index (χ2n) is 3.64. The first-order valence-corrected chi connectivity index (χ1v) is 11.4. The zero-order chi connectivity index (χ0) is 14.9. The molecule has 0 fully saturated rings. The van der Waals surface area contributed by atoms with Gasteiger partial charge in [0.1, 0.15) is 4.21 Å². The van der Waals surface area contributed by atoms with Crippen LogP contribution < -0.4 is 4.72 Å². The maximum atomic E-state index is 11.4. The van der Waals surface area contributed by atoms with E-state index in [1.54, 1.807) is 0 Å². The Morgan fingerprint density at radius 1 is 1.16 bits per heavy atom. The molecule has 0 radical (unpaired) electrons. The van der Waals surface area contributed by atoms with Gasteiger partial charge < -0.3 is 0 Å². The first kappa shape index (κ1) is 16.9. The Balaban J connectivity index is 2.76. The van der Waals surface area contributed by atoms with Gasteiger partial charge in [-0.3, -0.25) is 0 Å². The van der Waals surface area contributed by atoms with E-state index >= 15 is 0 Å². The fourth-order valence-electron chi connectivity index (χ4n) is 1.09. The van der Waals surface area contributed by atoms with Gasteiger partial charge in [-0.2, -0.15) is 0 Å². The molecule has 0 amide bonds. The summed E-state index contributed by atoms with van der Waals surface area (Å²) in [5.41, 5.74) is 0. The lowest BCUT2D eigenvalue weighted by Crippen LogP contribution is -2.29. The molecule has 1 heterocycles. The predicted molar refractivity (Wildman–Crippen MR) is 72.8 cm³/mol. The average Bonchev–Trinajstić information content (AvgIpc) is 2.58. The van der Waals surface area contributed by atoms with E-state index in [1.807, 2.05) is 0 Å². The summed E-state index contributed by atoms with van der Waals surface area (Å²) in [7, 11) is -6.38. The summed E-state index contributed by atoms with van der Waals surface area (Å²) in [6.45, 7) is -0.199. The van der Waals surface area contributed by atoms with Crippen LogP contribution >= 0.6 is 22.0 Å². The summed E-state index contributed by atoms with van der Waals surface area (Å²) >= 11 is 0.802. The molecule has 0 unspecified atom stereocenters. The summed E-state index contributed by atoms with van der Waals surface area (Å²) < 4.78 is 68.5. The number of hydrogen-bond donors (Lipinski definition) is 1. The van der Waals surface area contributed by atoms with Crippen LogP contribution in [0.5, 0.6) is 0 Å². The summed E-state index contributed by atoms with van der Waals surface area (Å²) in [6, 6.07) is 2.64. The van der Waals surface area contributed by atoms with E-state index in [1.165, 1.54) is 12.1 Å². The molecule has 0 bridgehead atoms. The third-order valence-corrected chi connectivity index (χ3v) is 8.43. The van der Waals surface area contributed by atoms with Gasteiger partial charge in [0.2, 0.25) is 10.0 Å². The van der Waals surface area contributed by atoms with E-state index in [2.05, 4.69) is 4.72 Å². The van der Waals surface area contributed by atoms with Crippen molar-refractivity contribution in [1.29, 1.82) is 0 Å². The van der Waals surface area contributed by atoms with Crippen molar-refractivity contribution in [2.75, 3.05) is 11.3 Å². The molecule has 0 aliphatic rings. The monoisotopic (exact) mass is 367 g/mol. The largest absolute Gasteiger partial charge is 0.270 e. The van der Waals surface area contributed by atoms with Gasteiger partial charge in [-0.15, -0.1) is 11.3 Å². The van der Waals surface area contributed by atoms with Crippen molar-refractivity contribution >= 4 is 50.9 Å². The number of sulfonamides is 1. The topological polar surface area (TPSA) is 114 Å². The molecule has 19 heavy (non-hydrogen) atoms. The normalized spacial score (nSPS) is 13.6. The maximum Gasteiger partial charge on any atom is 0.270 e. The molecule has 12 heteroatoms. The number of nitrogens with one attached hydrogen (secondary N) is 1. The summed E-state index contributed by atoms with van der Waals surface area (Å²) in [6.07, 6.45) is 0.801. The molecule has 0 aromatic carbocycles. The zero-order valence-electron chi connectivity index (χ0n) is 9.53. The summed E-state index contributed by atoms with van der Waals surface area (Å²) in [5.74, 6) is 0. The molecule has 7 nitrogen and oxygen atoms in total. The third kappa shape index (κ3) is 6.19. The SMILES string of the molecule is CS(=O)(=O)CS(=O)(=O)NCc1ccc(S(=O)(=O)Cl)s1. The lowest BCUT2D eigenvalue weighted by Gasteiger charge is -2.03. The van der Waals surface area contributed by atoms with E-state index < -0.39 is 34.0 Å².